The summed E-state index contributed by atoms with van der Waals surface area (Å²) in [6.45, 7) is 1.87. The number of rotatable bonds is 3. The van der Waals surface area contributed by atoms with Gasteiger partial charge in [0.1, 0.15) is 0 Å². The van der Waals surface area contributed by atoms with Crippen LogP contribution in [0.15, 0.2) is 34.3 Å². The van der Waals surface area contributed by atoms with E-state index in [4.69, 9.17) is 0 Å². The van der Waals surface area contributed by atoms with Crippen LogP contribution in [0, 0.1) is 0 Å². The third kappa shape index (κ3) is 2.05. The van der Waals surface area contributed by atoms with Gasteiger partial charge in [-0.25, -0.2) is 0 Å². The molecular formula is C11H12OS2. The van der Waals surface area contributed by atoms with Crippen LogP contribution in [0.2, 0.25) is 0 Å². The van der Waals surface area contributed by atoms with Crippen LogP contribution in [0.4, 0.5) is 0 Å². The molecule has 3 heteroatoms. The second-order valence-corrected chi connectivity index (χ2v) is 5.29. The van der Waals surface area contributed by atoms with Gasteiger partial charge in [0.05, 0.1) is 5.60 Å². The van der Waals surface area contributed by atoms with Crippen LogP contribution in [0.1, 0.15) is 17.4 Å². The molecule has 2 aromatic rings. The molecule has 0 aromatic carbocycles. The minimum absolute atomic E-state index is 0.691. The van der Waals surface area contributed by atoms with Crippen LogP contribution in [0.25, 0.3) is 0 Å². The maximum absolute atomic E-state index is 10.3. The topological polar surface area (TPSA) is 20.2 Å². The highest BCUT2D eigenvalue weighted by molar-refractivity contribution is 7.10. The molecule has 1 N–H and O–H groups in total. The van der Waals surface area contributed by atoms with Crippen LogP contribution in [-0.4, -0.2) is 5.11 Å². The van der Waals surface area contributed by atoms with Gasteiger partial charge in [-0.2, -0.15) is 11.3 Å². The van der Waals surface area contributed by atoms with E-state index in [1.165, 1.54) is 5.56 Å². The second-order valence-electron chi connectivity index (χ2n) is 3.56. The lowest BCUT2D eigenvalue weighted by Crippen LogP contribution is -2.22. The van der Waals surface area contributed by atoms with E-state index in [9.17, 15) is 5.11 Å². The molecule has 2 heterocycles. The van der Waals surface area contributed by atoms with Gasteiger partial charge in [-0.05, 0) is 40.8 Å². The zero-order chi connectivity index (χ0) is 10.0. The van der Waals surface area contributed by atoms with Crippen LogP contribution < -0.4 is 0 Å². The van der Waals surface area contributed by atoms with Crippen molar-refractivity contribution in [3.05, 3.63) is 44.8 Å². The van der Waals surface area contributed by atoms with Crippen molar-refractivity contribution in [3.63, 3.8) is 0 Å². The van der Waals surface area contributed by atoms with Gasteiger partial charge in [0.25, 0.3) is 0 Å². The maximum atomic E-state index is 10.3. The van der Waals surface area contributed by atoms with E-state index in [1.54, 1.807) is 22.7 Å². The largest absolute Gasteiger partial charge is 0.384 e. The first kappa shape index (κ1) is 9.90. The second kappa shape index (κ2) is 3.85. The van der Waals surface area contributed by atoms with Gasteiger partial charge in [-0.15, -0.1) is 11.3 Å². The molecule has 0 radical (unpaired) electrons. The van der Waals surface area contributed by atoms with E-state index in [-0.39, 0.29) is 0 Å². The van der Waals surface area contributed by atoms with Crippen molar-refractivity contribution < 1.29 is 5.11 Å². The predicted octanol–water partition coefficient (Wildman–Crippen LogP) is 3.26. The molecule has 0 spiro atoms. The zero-order valence-electron chi connectivity index (χ0n) is 7.93. The number of thiophene rings is 2. The van der Waals surface area contributed by atoms with E-state index < -0.39 is 5.60 Å². The van der Waals surface area contributed by atoms with Gasteiger partial charge in [-0.1, -0.05) is 6.07 Å². The summed E-state index contributed by atoms with van der Waals surface area (Å²) in [4.78, 5) is 1.03. The Kier molecular flexibility index (Phi) is 2.72. The molecular weight excluding hydrogens is 212 g/mol. The van der Waals surface area contributed by atoms with Gasteiger partial charge < -0.3 is 5.11 Å². The van der Waals surface area contributed by atoms with Crippen molar-refractivity contribution in [2.75, 3.05) is 0 Å². The van der Waals surface area contributed by atoms with Crippen LogP contribution in [0.5, 0.6) is 0 Å². The highest BCUT2D eigenvalue weighted by atomic mass is 32.1. The minimum Gasteiger partial charge on any atom is -0.384 e. The van der Waals surface area contributed by atoms with E-state index in [1.807, 2.05) is 29.8 Å². The van der Waals surface area contributed by atoms with Crippen molar-refractivity contribution in [2.24, 2.45) is 0 Å². The Morgan fingerprint density at radius 1 is 1.36 bits per heavy atom. The summed E-state index contributed by atoms with van der Waals surface area (Å²) in [6, 6.07) is 6.02. The average molecular weight is 224 g/mol. The molecule has 1 unspecified atom stereocenters. The van der Waals surface area contributed by atoms with Gasteiger partial charge in [0.15, 0.2) is 0 Å². The third-order valence-electron chi connectivity index (χ3n) is 2.18. The summed E-state index contributed by atoms with van der Waals surface area (Å²) in [6.07, 6.45) is 0.691. The Labute approximate surface area is 91.7 Å². The fraction of sp³-hybridized carbons (Fsp3) is 0.273. The Hall–Kier alpha value is -0.640. The van der Waals surface area contributed by atoms with Crippen molar-refractivity contribution in [2.45, 2.75) is 18.9 Å². The molecule has 0 aliphatic rings. The third-order valence-corrected chi connectivity index (χ3v) is 4.04. The molecule has 0 fully saturated rings. The van der Waals surface area contributed by atoms with Crippen LogP contribution in [0.3, 0.4) is 0 Å². The Morgan fingerprint density at radius 2 is 2.21 bits per heavy atom. The normalized spacial score (nSPS) is 15.3. The molecule has 1 nitrogen and oxygen atoms in total. The van der Waals surface area contributed by atoms with Gasteiger partial charge in [0.2, 0.25) is 0 Å². The van der Waals surface area contributed by atoms with Crippen LogP contribution in [-0.2, 0) is 12.0 Å². The highest BCUT2D eigenvalue weighted by Crippen LogP contribution is 2.29. The summed E-state index contributed by atoms with van der Waals surface area (Å²) in [5.41, 5.74) is 0.475. The first-order chi connectivity index (χ1) is 6.68. The quantitative estimate of drug-likeness (QED) is 0.848. The lowest BCUT2D eigenvalue weighted by molar-refractivity contribution is 0.0616. The fourth-order valence-corrected chi connectivity index (χ4v) is 2.92. The lowest BCUT2D eigenvalue weighted by Gasteiger charge is -2.21. The SMILES string of the molecule is CC(O)(Cc1ccsc1)c1cccs1. The molecule has 0 bridgehead atoms. The van der Waals surface area contributed by atoms with E-state index in [0.717, 1.165) is 4.88 Å². The monoisotopic (exact) mass is 224 g/mol. The molecule has 1 atom stereocenters. The van der Waals surface area contributed by atoms with Crippen molar-refractivity contribution >= 4 is 22.7 Å². The molecule has 14 heavy (non-hydrogen) atoms. The summed E-state index contributed by atoms with van der Waals surface area (Å²) in [5, 5.41) is 16.4. The summed E-state index contributed by atoms with van der Waals surface area (Å²) in [5.74, 6) is 0. The van der Waals surface area contributed by atoms with Crippen LogP contribution >= 0.6 is 22.7 Å². The zero-order valence-corrected chi connectivity index (χ0v) is 9.57. The molecule has 2 aromatic heterocycles. The standard InChI is InChI=1S/C11H12OS2/c1-11(12,10-3-2-5-14-10)7-9-4-6-13-8-9/h2-6,8,12H,7H2,1H3. The van der Waals surface area contributed by atoms with E-state index >= 15 is 0 Å². The predicted molar refractivity (Wildman–Crippen MR) is 61.9 cm³/mol. The van der Waals surface area contributed by atoms with Crippen molar-refractivity contribution in [1.29, 1.82) is 0 Å². The first-order valence-electron chi connectivity index (χ1n) is 4.46. The number of aliphatic hydroxyl groups is 1. The summed E-state index contributed by atoms with van der Waals surface area (Å²) in [7, 11) is 0. The maximum Gasteiger partial charge on any atom is 0.1000 e. The number of hydrogen-bond donors (Lipinski definition) is 1. The first-order valence-corrected chi connectivity index (χ1v) is 6.28. The van der Waals surface area contributed by atoms with Gasteiger partial charge >= 0.3 is 0 Å². The van der Waals surface area contributed by atoms with E-state index in [2.05, 4.69) is 11.4 Å². The smallest absolute Gasteiger partial charge is 0.1000 e. The van der Waals surface area contributed by atoms with Crippen molar-refractivity contribution in [1.82, 2.24) is 0 Å². The van der Waals surface area contributed by atoms with E-state index in [0.29, 0.717) is 6.42 Å². The molecule has 0 amide bonds. The Morgan fingerprint density at radius 3 is 2.79 bits per heavy atom. The lowest BCUT2D eigenvalue weighted by atomic mass is 9.97. The van der Waals surface area contributed by atoms with Gasteiger partial charge in [-0.3, -0.25) is 0 Å². The van der Waals surface area contributed by atoms with Gasteiger partial charge in [0, 0.05) is 11.3 Å². The Balaban J connectivity index is 2.17. The molecule has 2 rings (SSSR count). The molecule has 0 saturated heterocycles. The summed E-state index contributed by atoms with van der Waals surface area (Å²) < 4.78 is 0. The Bertz CT molecular complexity index is 373. The fourth-order valence-electron chi connectivity index (χ4n) is 1.46. The summed E-state index contributed by atoms with van der Waals surface area (Å²) >= 11 is 3.27. The highest BCUT2D eigenvalue weighted by Gasteiger charge is 2.24. The average Bonchev–Trinajstić information content (AvgIpc) is 2.71. The molecule has 0 saturated carbocycles. The van der Waals surface area contributed by atoms with Crippen molar-refractivity contribution in [3.8, 4) is 0 Å². The minimum atomic E-state index is -0.727. The molecule has 0 aliphatic carbocycles. The molecule has 0 aliphatic heterocycles. The molecule has 74 valence electrons. The number of hydrogen-bond acceptors (Lipinski definition) is 3.